The highest BCUT2D eigenvalue weighted by atomic mass is 35.5. The molecule has 1 aliphatic heterocycles. The van der Waals surface area contributed by atoms with Crippen molar-refractivity contribution in [2.45, 2.75) is 25.1 Å². The van der Waals surface area contributed by atoms with E-state index < -0.39 is 11.2 Å². The summed E-state index contributed by atoms with van der Waals surface area (Å²) in [5.74, 6) is 0.0764. The van der Waals surface area contributed by atoms with Gasteiger partial charge in [0.1, 0.15) is 11.0 Å². The molecule has 3 aromatic heterocycles. The van der Waals surface area contributed by atoms with Gasteiger partial charge in [-0.15, -0.1) is 11.6 Å². The molecule has 0 saturated carbocycles. The molecular weight excluding hydrogens is 430 g/mol. The van der Waals surface area contributed by atoms with E-state index in [-0.39, 0.29) is 17.6 Å². The Hall–Kier alpha value is -2.45. The van der Waals surface area contributed by atoms with E-state index in [4.69, 9.17) is 23.2 Å². The number of carbonyl (C=O) groups is 1. The van der Waals surface area contributed by atoms with Crippen molar-refractivity contribution in [3.8, 4) is 11.4 Å². The number of hydrogen-bond donors (Lipinski definition) is 2. The minimum absolute atomic E-state index is 0.0662. The number of carbonyl (C=O) groups excluding carboxylic acids is 1. The first kappa shape index (κ1) is 20.8. The molecule has 30 heavy (non-hydrogen) atoms. The summed E-state index contributed by atoms with van der Waals surface area (Å²) in [6, 6.07) is 1.76. The van der Waals surface area contributed by atoms with Crippen LogP contribution in [0.4, 0.5) is 10.2 Å². The molecule has 1 aliphatic rings. The Morgan fingerprint density at radius 1 is 1.43 bits per heavy atom. The van der Waals surface area contributed by atoms with Gasteiger partial charge in [-0.1, -0.05) is 11.6 Å². The Morgan fingerprint density at radius 3 is 3.07 bits per heavy atom. The highest BCUT2D eigenvalue weighted by Gasteiger charge is 2.26. The number of pyridine rings is 1. The van der Waals surface area contributed by atoms with Crippen LogP contribution in [-0.2, 0) is 4.79 Å². The van der Waals surface area contributed by atoms with E-state index in [1.165, 1.54) is 0 Å². The summed E-state index contributed by atoms with van der Waals surface area (Å²) < 4.78 is 14.3. The Morgan fingerprint density at radius 2 is 2.27 bits per heavy atom. The standard InChI is InChI=1S/C20H21Cl2FN6O/c1-11(21)20(30)29-4-2-3-12(10-29)6-24-19-16(23)9-27-18(28-19)15-8-26-17-14(15)5-13(22)7-25-17/h5,7-9,11-12H,2-4,6,10H2,1H3,(H,25,26)(H,24,27,28). The lowest BCUT2D eigenvalue weighted by atomic mass is 9.97. The number of likely N-dealkylation sites (tertiary alicyclic amines) is 1. The number of anilines is 1. The lowest BCUT2D eigenvalue weighted by Gasteiger charge is -2.33. The van der Waals surface area contributed by atoms with Crippen molar-refractivity contribution in [2.75, 3.05) is 25.0 Å². The second kappa shape index (κ2) is 8.73. The number of amides is 1. The van der Waals surface area contributed by atoms with Gasteiger partial charge < -0.3 is 15.2 Å². The first-order valence-corrected chi connectivity index (χ1v) is 10.6. The molecule has 7 nitrogen and oxygen atoms in total. The number of H-pyrrole nitrogens is 1. The van der Waals surface area contributed by atoms with Gasteiger partial charge in [0.25, 0.3) is 0 Å². The first-order valence-electron chi connectivity index (χ1n) is 9.74. The fourth-order valence-electron chi connectivity index (χ4n) is 3.71. The van der Waals surface area contributed by atoms with Gasteiger partial charge >= 0.3 is 0 Å². The fourth-order valence-corrected chi connectivity index (χ4v) is 4.00. The number of halogens is 3. The van der Waals surface area contributed by atoms with Gasteiger partial charge in [-0.3, -0.25) is 4.79 Å². The SMILES string of the molecule is CC(Cl)C(=O)N1CCCC(CNc2nc(-c3c[nH]c4ncc(Cl)cc34)ncc2F)C1. The van der Waals surface area contributed by atoms with Gasteiger partial charge in [-0.05, 0) is 31.7 Å². The van der Waals surface area contributed by atoms with Crippen molar-refractivity contribution in [1.82, 2.24) is 24.8 Å². The van der Waals surface area contributed by atoms with Crippen molar-refractivity contribution >= 4 is 46.0 Å². The van der Waals surface area contributed by atoms with Crippen molar-refractivity contribution in [2.24, 2.45) is 5.92 Å². The average molecular weight is 451 g/mol. The van der Waals surface area contributed by atoms with Crippen LogP contribution in [0.15, 0.2) is 24.7 Å². The smallest absolute Gasteiger partial charge is 0.240 e. The number of fused-ring (bicyclic) bond motifs is 1. The van der Waals surface area contributed by atoms with E-state index in [1.54, 1.807) is 30.3 Å². The maximum absolute atomic E-state index is 14.3. The van der Waals surface area contributed by atoms with Gasteiger partial charge in [-0.25, -0.2) is 19.3 Å². The van der Waals surface area contributed by atoms with Gasteiger partial charge in [0, 0.05) is 43.0 Å². The molecule has 0 aromatic carbocycles. The second-order valence-corrected chi connectivity index (χ2v) is 8.52. The van der Waals surface area contributed by atoms with Gasteiger partial charge in [-0.2, -0.15) is 0 Å². The zero-order valence-corrected chi connectivity index (χ0v) is 17.8. The van der Waals surface area contributed by atoms with Crippen LogP contribution in [0, 0.1) is 11.7 Å². The van der Waals surface area contributed by atoms with Crippen LogP contribution in [0.25, 0.3) is 22.4 Å². The summed E-state index contributed by atoms with van der Waals surface area (Å²) in [6.45, 7) is 3.47. The summed E-state index contributed by atoms with van der Waals surface area (Å²) in [5, 5.41) is 3.79. The summed E-state index contributed by atoms with van der Waals surface area (Å²) in [5.41, 5.74) is 1.34. The van der Waals surface area contributed by atoms with Crippen LogP contribution in [0.2, 0.25) is 5.02 Å². The molecule has 0 aliphatic carbocycles. The molecule has 4 heterocycles. The van der Waals surface area contributed by atoms with Crippen LogP contribution in [0.3, 0.4) is 0 Å². The van der Waals surface area contributed by atoms with E-state index in [1.807, 2.05) is 0 Å². The molecule has 158 valence electrons. The number of hydrogen-bond acceptors (Lipinski definition) is 5. The molecule has 2 atom stereocenters. The van der Waals surface area contributed by atoms with Crippen molar-refractivity contribution in [1.29, 1.82) is 0 Å². The Balaban J connectivity index is 1.50. The number of nitrogens with zero attached hydrogens (tertiary/aromatic N) is 4. The summed E-state index contributed by atoms with van der Waals surface area (Å²) in [6.07, 6.45) is 6.25. The molecular formula is C20H21Cl2FN6O. The molecule has 2 N–H and O–H groups in total. The molecule has 4 rings (SSSR count). The molecule has 0 radical (unpaired) electrons. The van der Waals surface area contributed by atoms with Crippen molar-refractivity contribution in [3.63, 3.8) is 0 Å². The minimum atomic E-state index is -0.544. The number of piperidine rings is 1. The highest BCUT2D eigenvalue weighted by molar-refractivity contribution is 6.31. The quantitative estimate of drug-likeness (QED) is 0.571. The molecule has 2 unspecified atom stereocenters. The van der Waals surface area contributed by atoms with Crippen LogP contribution < -0.4 is 5.32 Å². The zero-order chi connectivity index (χ0) is 21.3. The third-order valence-electron chi connectivity index (χ3n) is 5.21. The molecule has 1 saturated heterocycles. The molecule has 0 bridgehead atoms. The van der Waals surface area contributed by atoms with Crippen LogP contribution in [-0.4, -0.2) is 55.8 Å². The van der Waals surface area contributed by atoms with E-state index >= 15 is 0 Å². The van der Waals surface area contributed by atoms with Crippen LogP contribution in [0.5, 0.6) is 0 Å². The topological polar surface area (TPSA) is 86.8 Å². The maximum atomic E-state index is 14.3. The number of aromatic amines is 1. The third kappa shape index (κ3) is 4.34. The van der Waals surface area contributed by atoms with E-state index in [0.29, 0.717) is 41.7 Å². The van der Waals surface area contributed by atoms with Crippen LogP contribution in [0.1, 0.15) is 19.8 Å². The number of alkyl halides is 1. The number of rotatable bonds is 5. The molecule has 10 heteroatoms. The zero-order valence-electron chi connectivity index (χ0n) is 16.3. The Labute approximate surface area is 183 Å². The normalized spacial score (nSPS) is 17.9. The van der Waals surface area contributed by atoms with E-state index in [0.717, 1.165) is 24.4 Å². The van der Waals surface area contributed by atoms with E-state index in [2.05, 4.69) is 25.3 Å². The largest absolute Gasteiger partial charge is 0.367 e. The number of nitrogens with one attached hydrogen (secondary N) is 2. The summed E-state index contributed by atoms with van der Waals surface area (Å²) in [7, 11) is 0. The Bertz CT molecular complexity index is 1070. The van der Waals surface area contributed by atoms with Gasteiger partial charge in [0.05, 0.1) is 11.2 Å². The molecule has 1 fully saturated rings. The average Bonchev–Trinajstić information content (AvgIpc) is 3.15. The van der Waals surface area contributed by atoms with Crippen LogP contribution >= 0.6 is 23.2 Å². The van der Waals surface area contributed by atoms with Crippen molar-refractivity contribution in [3.05, 3.63) is 35.5 Å². The predicted molar refractivity (Wildman–Crippen MR) is 115 cm³/mol. The third-order valence-corrected chi connectivity index (χ3v) is 5.61. The van der Waals surface area contributed by atoms with E-state index in [9.17, 15) is 9.18 Å². The summed E-state index contributed by atoms with van der Waals surface area (Å²) >= 11 is 12.0. The highest BCUT2D eigenvalue weighted by Crippen LogP contribution is 2.28. The molecule has 3 aromatic rings. The molecule has 0 spiro atoms. The van der Waals surface area contributed by atoms with Crippen molar-refractivity contribution < 1.29 is 9.18 Å². The monoisotopic (exact) mass is 450 g/mol. The first-order chi connectivity index (χ1) is 14.4. The maximum Gasteiger partial charge on any atom is 0.240 e. The fraction of sp³-hybridized carbons (Fsp3) is 0.400. The summed E-state index contributed by atoms with van der Waals surface area (Å²) in [4.78, 5) is 29.7. The second-order valence-electron chi connectivity index (χ2n) is 7.43. The minimum Gasteiger partial charge on any atom is -0.367 e. The predicted octanol–water partition coefficient (Wildman–Crippen LogP) is 4.09. The lowest BCUT2D eigenvalue weighted by molar-refractivity contribution is -0.132. The Kier molecular flexibility index (Phi) is 6.06. The van der Waals surface area contributed by atoms with Gasteiger partial charge in [0.15, 0.2) is 17.5 Å². The molecule has 1 amide bonds. The van der Waals surface area contributed by atoms with Gasteiger partial charge in [0.2, 0.25) is 5.91 Å². The number of aromatic nitrogens is 4. The lowest BCUT2D eigenvalue weighted by Crippen LogP contribution is -2.44.